The Morgan fingerprint density at radius 1 is 1.32 bits per heavy atom. The molecule has 0 radical (unpaired) electrons. The first-order valence-corrected chi connectivity index (χ1v) is 7.86. The van der Waals surface area contributed by atoms with Crippen molar-refractivity contribution in [3.05, 3.63) is 36.2 Å². The van der Waals surface area contributed by atoms with E-state index >= 15 is 0 Å². The minimum absolute atomic E-state index is 0.228. The molecule has 0 bridgehead atoms. The minimum atomic E-state index is -0.245. The van der Waals surface area contributed by atoms with Gasteiger partial charge < -0.3 is 9.63 Å². The van der Waals surface area contributed by atoms with Gasteiger partial charge in [0, 0.05) is 31.8 Å². The Kier molecular flexibility index (Phi) is 3.65. The summed E-state index contributed by atoms with van der Waals surface area (Å²) in [6, 6.07) is 8.00. The lowest BCUT2D eigenvalue weighted by atomic mass is 10.1. The fourth-order valence-corrected chi connectivity index (χ4v) is 3.50. The lowest BCUT2D eigenvalue weighted by molar-refractivity contribution is 0.126. The maximum atomic E-state index is 9.74. The van der Waals surface area contributed by atoms with Gasteiger partial charge in [-0.15, -0.1) is 0 Å². The maximum Gasteiger partial charge on any atom is 0.154 e. The van der Waals surface area contributed by atoms with E-state index in [9.17, 15) is 5.11 Å². The molecule has 4 rings (SSSR count). The van der Waals surface area contributed by atoms with Crippen molar-refractivity contribution >= 4 is 0 Å². The van der Waals surface area contributed by atoms with Gasteiger partial charge in [-0.25, -0.2) is 0 Å². The standard InChI is InChI=1S/C16H20N4O2/c21-11-8-16(18-10-11)20-7-3-5-14(20)15-9-13(19-22-15)12-4-1-2-6-17-12/h1-2,4,6,9,11,14,16,18,21H,3,5,7-8,10H2/t11-,14?,16-/m0/s1. The zero-order chi connectivity index (χ0) is 14.9. The van der Waals surface area contributed by atoms with Crippen LogP contribution in [0, 0.1) is 0 Å². The normalized spacial score (nSPS) is 29.2. The second-order valence-corrected chi connectivity index (χ2v) is 6.04. The van der Waals surface area contributed by atoms with Crippen molar-refractivity contribution in [1.29, 1.82) is 0 Å². The van der Waals surface area contributed by atoms with Crippen LogP contribution < -0.4 is 5.32 Å². The van der Waals surface area contributed by atoms with E-state index in [-0.39, 0.29) is 18.3 Å². The number of nitrogens with zero attached hydrogens (tertiary/aromatic N) is 3. The number of nitrogens with one attached hydrogen (secondary N) is 1. The topological polar surface area (TPSA) is 74.4 Å². The van der Waals surface area contributed by atoms with Gasteiger partial charge in [0.1, 0.15) is 5.69 Å². The molecule has 2 aliphatic rings. The number of aliphatic hydroxyl groups is 1. The number of aromatic nitrogens is 2. The van der Waals surface area contributed by atoms with Crippen LogP contribution in [0.2, 0.25) is 0 Å². The molecule has 6 heteroatoms. The summed E-state index contributed by atoms with van der Waals surface area (Å²) >= 11 is 0. The van der Waals surface area contributed by atoms with Crippen molar-refractivity contribution in [2.75, 3.05) is 13.1 Å². The third-order valence-corrected chi connectivity index (χ3v) is 4.56. The van der Waals surface area contributed by atoms with Crippen LogP contribution in [0.1, 0.15) is 31.1 Å². The highest BCUT2D eigenvalue weighted by molar-refractivity contribution is 5.53. The first kappa shape index (κ1) is 13.9. The van der Waals surface area contributed by atoms with Crippen molar-refractivity contribution < 1.29 is 9.63 Å². The average molecular weight is 300 g/mol. The smallest absolute Gasteiger partial charge is 0.154 e. The molecule has 3 atom stereocenters. The van der Waals surface area contributed by atoms with Crippen molar-refractivity contribution in [3.63, 3.8) is 0 Å². The molecule has 0 aliphatic carbocycles. The summed E-state index contributed by atoms with van der Waals surface area (Å²) in [7, 11) is 0. The summed E-state index contributed by atoms with van der Waals surface area (Å²) in [6.07, 6.45) is 4.72. The molecule has 116 valence electrons. The fraction of sp³-hybridized carbons (Fsp3) is 0.500. The summed E-state index contributed by atoms with van der Waals surface area (Å²) < 4.78 is 5.60. The molecule has 2 fully saturated rings. The summed E-state index contributed by atoms with van der Waals surface area (Å²) in [5, 5.41) is 17.3. The molecule has 2 aromatic heterocycles. The van der Waals surface area contributed by atoms with Gasteiger partial charge in [-0.1, -0.05) is 11.2 Å². The maximum absolute atomic E-state index is 9.74. The van der Waals surface area contributed by atoms with E-state index < -0.39 is 0 Å². The minimum Gasteiger partial charge on any atom is -0.392 e. The number of β-amino-alcohol motifs (C(OH)–C–C–N with tert-alkyl or cyclic N) is 1. The third-order valence-electron chi connectivity index (χ3n) is 4.56. The SMILES string of the molecule is O[C@@H]1CN[C@@H](N2CCCC2c2cc(-c3ccccn3)no2)C1. The number of hydrogen-bond acceptors (Lipinski definition) is 6. The molecule has 0 spiro atoms. The van der Waals surface area contributed by atoms with Crippen LogP contribution in [-0.2, 0) is 0 Å². The molecule has 2 N–H and O–H groups in total. The Balaban J connectivity index is 1.55. The van der Waals surface area contributed by atoms with Crippen molar-refractivity contribution in [3.8, 4) is 11.4 Å². The number of aliphatic hydroxyl groups excluding tert-OH is 1. The Hall–Kier alpha value is -1.76. The molecule has 2 saturated heterocycles. The van der Waals surface area contributed by atoms with Crippen molar-refractivity contribution in [1.82, 2.24) is 20.4 Å². The number of pyridine rings is 1. The molecule has 0 saturated carbocycles. The van der Waals surface area contributed by atoms with E-state index in [0.717, 1.165) is 43.0 Å². The van der Waals surface area contributed by atoms with Gasteiger partial charge in [0.25, 0.3) is 0 Å². The fourth-order valence-electron chi connectivity index (χ4n) is 3.50. The molecular weight excluding hydrogens is 280 g/mol. The van der Waals surface area contributed by atoms with E-state index in [0.29, 0.717) is 6.54 Å². The highest BCUT2D eigenvalue weighted by atomic mass is 16.5. The van der Waals surface area contributed by atoms with Gasteiger partial charge in [-0.05, 0) is 25.0 Å². The Bertz CT molecular complexity index is 630. The van der Waals surface area contributed by atoms with Gasteiger partial charge in [0.05, 0.1) is 24.0 Å². The predicted molar refractivity (Wildman–Crippen MR) is 80.8 cm³/mol. The van der Waals surface area contributed by atoms with Crippen LogP contribution in [-0.4, -0.2) is 45.5 Å². The van der Waals surface area contributed by atoms with Gasteiger partial charge in [-0.3, -0.25) is 15.2 Å². The van der Waals surface area contributed by atoms with E-state index in [1.54, 1.807) is 6.20 Å². The molecule has 1 unspecified atom stereocenters. The summed E-state index contributed by atoms with van der Waals surface area (Å²) in [5.74, 6) is 0.890. The summed E-state index contributed by atoms with van der Waals surface area (Å²) in [5.41, 5.74) is 1.61. The van der Waals surface area contributed by atoms with Gasteiger partial charge >= 0.3 is 0 Å². The second kappa shape index (κ2) is 5.79. The zero-order valence-corrected chi connectivity index (χ0v) is 12.4. The third kappa shape index (κ3) is 2.54. The molecule has 2 aliphatic heterocycles. The van der Waals surface area contributed by atoms with Crippen LogP contribution >= 0.6 is 0 Å². The van der Waals surface area contributed by atoms with Crippen molar-refractivity contribution in [2.45, 2.75) is 37.6 Å². The molecule has 6 nitrogen and oxygen atoms in total. The molecule has 4 heterocycles. The van der Waals surface area contributed by atoms with Crippen LogP contribution in [0.4, 0.5) is 0 Å². The summed E-state index contributed by atoms with van der Waals surface area (Å²) in [6.45, 7) is 1.69. The Morgan fingerprint density at radius 3 is 3.05 bits per heavy atom. The van der Waals surface area contributed by atoms with Gasteiger partial charge in [0.2, 0.25) is 0 Å². The largest absolute Gasteiger partial charge is 0.392 e. The number of rotatable bonds is 3. The van der Waals surface area contributed by atoms with Gasteiger partial charge in [-0.2, -0.15) is 0 Å². The van der Waals surface area contributed by atoms with E-state index in [2.05, 4.69) is 20.4 Å². The molecule has 0 aromatic carbocycles. The average Bonchev–Trinajstić information content (AvgIpc) is 3.27. The Morgan fingerprint density at radius 2 is 2.27 bits per heavy atom. The van der Waals surface area contributed by atoms with E-state index in [1.807, 2.05) is 24.3 Å². The second-order valence-electron chi connectivity index (χ2n) is 6.04. The lowest BCUT2D eigenvalue weighted by Crippen LogP contribution is -2.41. The van der Waals surface area contributed by atoms with Crippen LogP contribution in [0.25, 0.3) is 11.4 Å². The lowest BCUT2D eigenvalue weighted by Gasteiger charge is -2.28. The van der Waals surface area contributed by atoms with E-state index in [1.165, 1.54) is 0 Å². The Labute approximate surface area is 129 Å². The zero-order valence-electron chi connectivity index (χ0n) is 12.4. The van der Waals surface area contributed by atoms with E-state index in [4.69, 9.17) is 4.52 Å². The van der Waals surface area contributed by atoms with Crippen LogP contribution in [0.3, 0.4) is 0 Å². The summed E-state index contributed by atoms with van der Waals surface area (Å²) in [4.78, 5) is 6.70. The predicted octanol–water partition coefficient (Wildman–Crippen LogP) is 1.55. The quantitative estimate of drug-likeness (QED) is 0.896. The molecular formula is C16H20N4O2. The van der Waals surface area contributed by atoms with Crippen LogP contribution in [0.5, 0.6) is 0 Å². The van der Waals surface area contributed by atoms with Gasteiger partial charge in [0.15, 0.2) is 5.76 Å². The van der Waals surface area contributed by atoms with Crippen LogP contribution in [0.15, 0.2) is 35.0 Å². The van der Waals surface area contributed by atoms with Crippen molar-refractivity contribution in [2.24, 2.45) is 0 Å². The molecule has 22 heavy (non-hydrogen) atoms. The molecule has 0 amide bonds. The highest BCUT2D eigenvalue weighted by Crippen LogP contribution is 2.36. The highest BCUT2D eigenvalue weighted by Gasteiger charge is 2.37. The number of likely N-dealkylation sites (tertiary alicyclic amines) is 1. The number of hydrogen-bond donors (Lipinski definition) is 2. The molecule has 2 aromatic rings. The first-order valence-electron chi connectivity index (χ1n) is 7.86. The first-order chi connectivity index (χ1) is 10.8. The monoisotopic (exact) mass is 300 g/mol.